The Balaban J connectivity index is 2.17. The molecule has 0 radical (unpaired) electrons. The first-order valence-electron chi connectivity index (χ1n) is 5.62. The van der Waals surface area contributed by atoms with Gasteiger partial charge in [-0.15, -0.1) is 0 Å². The summed E-state index contributed by atoms with van der Waals surface area (Å²) in [6, 6.07) is 0. The van der Waals surface area contributed by atoms with Crippen molar-refractivity contribution in [3.05, 3.63) is 6.20 Å². The highest BCUT2D eigenvalue weighted by Gasteiger charge is 2.02. The number of nitrogens with one attached hydrogen (secondary N) is 1. The van der Waals surface area contributed by atoms with E-state index in [2.05, 4.69) is 24.3 Å². The molecule has 0 aliphatic carbocycles. The minimum absolute atomic E-state index is 0.723. The number of nitrogens with two attached hydrogens (primary N) is 1. The zero-order chi connectivity index (χ0) is 11.3. The van der Waals surface area contributed by atoms with E-state index in [4.69, 9.17) is 5.73 Å². The first kappa shape index (κ1) is 11.9. The predicted molar refractivity (Wildman–Crippen MR) is 64.8 cm³/mol. The van der Waals surface area contributed by atoms with Crippen molar-refractivity contribution in [1.29, 1.82) is 0 Å². The van der Waals surface area contributed by atoms with Crippen LogP contribution in [-0.4, -0.2) is 16.3 Å². The number of hydrogen-bond donors (Lipinski definition) is 2. The van der Waals surface area contributed by atoms with Crippen LogP contribution >= 0.6 is 0 Å². The SMILES string of the molecule is CC(C)CCCCNc1nn(C)cc1N. The molecular weight excluding hydrogens is 188 g/mol. The highest BCUT2D eigenvalue weighted by atomic mass is 15.3. The number of unbranched alkanes of at least 4 members (excludes halogenated alkanes) is 1. The van der Waals surface area contributed by atoms with Crippen LogP contribution in [0.25, 0.3) is 0 Å². The molecule has 0 saturated carbocycles. The van der Waals surface area contributed by atoms with Gasteiger partial charge in [-0.3, -0.25) is 4.68 Å². The minimum Gasteiger partial charge on any atom is -0.394 e. The summed E-state index contributed by atoms with van der Waals surface area (Å²) >= 11 is 0. The molecule has 3 N–H and O–H groups in total. The Kier molecular flexibility index (Phi) is 4.46. The Labute approximate surface area is 91.8 Å². The van der Waals surface area contributed by atoms with E-state index in [-0.39, 0.29) is 0 Å². The number of rotatable bonds is 6. The van der Waals surface area contributed by atoms with Crippen molar-refractivity contribution in [1.82, 2.24) is 9.78 Å². The lowest BCUT2D eigenvalue weighted by Gasteiger charge is -2.05. The first-order chi connectivity index (χ1) is 7.09. The van der Waals surface area contributed by atoms with E-state index in [0.29, 0.717) is 0 Å². The molecule has 4 heteroatoms. The van der Waals surface area contributed by atoms with Gasteiger partial charge in [0.05, 0.1) is 5.69 Å². The van der Waals surface area contributed by atoms with E-state index in [9.17, 15) is 0 Å². The van der Waals surface area contributed by atoms with Gasteiger partial charge in [0, 0.05) is 19.8 Å². The van der Waals surface area contributed by atoms with Crippen molar-refractivity contribution in [2.24, 2.45) is 13.0 Å². The van der Waals surface area contributed by atoms with Gasteiger partial charge in [0.1, 0.15) is 0 Å². The zero-order valence-electron chi connectivity index (χ0n) is 9.95. The summed E-state index contributed by atoms with van der Waals surface area (Å²) in [6.45, 7) is 5.46. The molecule has 4 nitrogen and oxygen atoms in total. The van der Waals surface area contributed by atoms with Crippen molar-refractivity contribution in [3.63, 3.8) is 0 Å². The largest absolute Gasteiger partial charge is 0.394 e. The zero-order valence-corrected chi connectivity index (χ0v) is 9.95. The molecule has 1 aromatic rings. The van der Waals surface area contributed by atoms with Crippen LogP contribution in [0.1, 0.15) is 33.1 Å². The second-order valence-corrected chi connectivity index (χ2v) is 4.42. The molecule has 0 bridgehead atoms. The van der Waals surface area contributed by atoms with Crippen LogP contribution in [0.2, 0.25) is 0 Å². The molecule has 0 aromatic carbocycles. The molecule has 0 spiro atoms. The number of anilines is 2. The molecule has 0 aliphatic heterocycles. The number of aryl methyl sites for hydroxylation is 1. The van der Waals surface area contributed by atoms with Gasteiger partial charge in [-0.25, -0.2) is 0 Å². The number of hydrogen-bond acceptors (Lipinski definition) is 3. The quantitative estimate of drug-likeness (QED) is 0.708. The third kappa shape index (κ3) is 4.23. The van der Waals surface area contributed by atoms with E-state index in [1.165, 1.54) is 19.3 Å². The summed E-state index contributed by atoms with van der Waals surface area (Å²) in [4.78, 5) is 0. The lowest BCUT2D eigenvalue weighted by Crippen LogP contribution is -2.04. The Morgan fingerprint density at radius 2 is 2.20 bits per heavy atom. The third-order valence-corrected chi connectivity index (χ3v) is 2.36. The van der Waals surface area contributed by atoms with Gasteiger partial charge in [0.25, 0.3) is 0 Å². The van der Waals surface area contributed by atoms with Crippen LogP contribution in [0.15, 0.2) is 6.20 Å². The van der Waals surface area contributed by atoms with Gasteiger partial charge < -0.3 is 11.1 Å². The highest BCUT2D eigenvalue weighted by Crippen LogP contribution is 2.14. The predicted octanol–water partition coefficient (Wildman–Crippen LogP) is 2.24. The summed E-state index contributed by atoms with van der Waals surface area (Å²) in [5.41, 5.74) is 6.48. The van der Waals surface area contributed by atoms with Crippen LogP contribution in [0.3, 0.4) is 0 Å². The molecule has 0 fully saturated rings. The lowest BCUT2D eigenvalue weighted by molar-refractivity contribution is 0.544. The molecule has 86 valence electrons. The fourth-order valence-corrected chi connectivity index (χ4v) is 1.53. The summed E-state index contributed by atoms with van der Waals surface area (Å²) in [6.07, 6.45) is 5.54. The smallest absolute Gasteiger partial charge is 0.171 e. The monoisotopic (exact) mass is 210 g/mol. The molecule has 1 rings (SSSR count). The highest BCUT2D eigenvalue weighted by molar-refractivity contribution is 5.59. The van der Waals surface area contributed by atoms with Crippen molar-refractivity contribution >= 4 is 11.5 Å². The minimum atomic E-state index is 0.723. The van der Waals surface area contributed by atoms with E-state index in [1.54, 1.807) is 4.68 Å². The number of nitrogens with zero attached hydrogens (tertiary/aromatic N) is 2. The molecule has 0 aliphatic rings. The summed E-state index contributed by atoms with van der Waals surface area (Å²) in [5, 5.41) is 7.47. The molecule has 1 heterocycles. The fraction of sp³-hybridized carbons (Fsp3) is 0.727. The maximum absolute atomic E-state index is 5.76. The molecule has 0 atom stereocenters. The van der Waals surface area contributed by atoms with Crippen molar-refractivity contribution in [2.45, 2.75) is 33.1 Å². The number of nitrogen functional groups attached to an aromatic ring is 1. The van der Waals surface area contributed by atoms with Crippen LogP contribution < -0.4 is 11.1 Å². The van der Waals surface area contributed by atoms with Gasteiger partial charge in [-0.05, 0) is 12.3 Å². The first-order valence-corrected chi connectivity index (χ1v) is 5.62. The van der Waals surface area contributed by atoms with Crippen LogP contribution in [0.4, 0.5) is 11.5 Å². The molecule has 0 saturated heterocycles. The standard InChI is InChI=1S/C11H22N4/c1-9(2)6-4-5-7-13-11-10(12)8-15(3)14-11/h8-9H,4-7,12H2,1-3H3,(H,13,14). The van der Waals surface area contributed by atoms with Crippen molar-refractivity contribution in [2.75, 3.05) is 17.6 Å². The van der Waals surface area contributed by atoms with Gasteiger partial charge in [0.15, 0.2) is 5.82 Å². The van der Waals surface area contributed by atoms with Crippen LogP contribution in [0.5, 0.6) is 0 Å². The van der Waals surface area contributed by atoms with Gasteiger partial charge in [-0.1, -0.05) is 26.7 Å². The van der Waals surface area contributed by atoms with Crippen LogP contribution in [0, 0.1) is 5.92 Å². The van der Waals surface area contributed by atoms with E-state index < -0.39 is 0 Å². The summed E-state index contributed by atoms with van der Waals surface area (Å²) < 4.78 is 1.73. The second-order valence-electron chi connectivity index (χ2n) is 4.42. The van der Waals surface area contributed by atoms with Crippen molar-refractivity contribution in [3.8, 4) is 0 Å². The van der Waals surface area contributed by atoms with Gasteiger partial charge in [-0.2, -0.15) is 5.10 Å². The maximum atomic E-state index is 5.76. The topological polar surface area (TPSA) is 55.9 Å². The Morgan fingerprint density at radius 3 is 2.73 bits per heavy atom. The molecule has 15 heavy (non-hydrogen) atoms. The summed E-state index contributed by atoms with van der Waals surface area (Å²) in [7, 11) is 1.88. The summed E-state index contributed by atoms with van der Waals surface area (Å²) in [5.74, 6) is 1.60. The Morgan fingerprint density at radius 1 is 1.47 bits per heavy atom. The Bertz CT molecular complexity index is 291. The van der Waals surface area contributed by atoms with Crippen LogP contribution in [-0.2, 0) is 7.05 Å². The van der Waals surface area contributed by atoms with Crippen molar-refractivity contribution < 1.29 is 0 Å². The fourth-order valence-electron chi connectivity index (χ4n) is 1.53. The van der Waals surface area contributed by atoms with E-state index >= 15 is 0 Å². The Hall–Kier alpha value is -1.19. The average Bonchev–Trinajstić information content (AvgIpc) is 2.44. The molecule has 1 aromatic heterocycles. The van der Waals surface area contributed by atoms with E-state index in [0.717, 1.165) is 24.0 Å². The third-order valence-electron chi connectivity index (χ3n) is 2.36. The lowest BCUT2D eigenvalue weighted by atomic mass is 10.1. The second kappa shape index (κ2) is 5.63. The maximum Gasteiger partial charge on any atom is 0.171 e. The van der Waals surface area contributed by atoms with Gasteiger partial charge >= 0.3 is 0 Å². The van der Waals surface area contributed by atoms with E-state index in [1.807, 2.05) is 13.2 Å². The molecular formula is C11H22N4. The average molecular weight is 210 g/mol. The molecule has 0 unspecified atom stereocenters. The normalized spacial score (nSPS) is 10.9. The molecule has 0 amide bonds. The number of aromatic nitrogens is 2. The van der Waals surface area contributed by atoms with Gasteiger partial charge in [0.2, 0.25) is 0 Å².